The van der Waals surface area contributed by atoms with Gasteiger partial charge in [0, 0.05) is 18.1 Å². The van der Waals surface area contributed by atoms with Crippen molar-refractivity contribution in [1.29, 1.82) is 0 Å². The van der Waals surface area contributed by atoms with Crippen LogP contribution in [0.5, 0.6) is 0 Å². The van der Waals surface area contributed by atoms with E-state index in [4.69, 9.17) is 23.2 Å². The van der Waals surface area contributed by atoms with Crippen molar-refractivity contribution < 1.29 is 9.59 Å². The van der Waals surface area contributed by atoms with Gasteiger partial charge in [0.15, 0.2) is 0 Å². The molecular formula is C14H15Cl2N7O2. The molecule has 0 radical (unpaired) electrons. The molecule has 0 atom stereocenters. The molecule has 1 saturated heterocycles. The van der Waals surface area contributed by atoms with E-state index in [0.29, 0.717) is 11.0 Å². The Morgan fingerprint density at radius 2 is 1.92 bits per heavy atom. The van der Waals surface area contributed by atoms with Crippen LogP contribution in [0.15, 0.2) is 18.2 Å². The molecule has 11 heteroatoms. The highest BCUT2D eigenvalue weighted by Crippen LogP contribution is 2.20. The number of anilines is 1. The van der Waals surface area contributed by atoms with Gasteiger partial charge in [-0.2, -0.15) is 4.80 Å². The quantitative estimate of drug-likeness (QED) is 0.764. The SMILES string of the molecule is O=C(Cn1nnc(N2CCCC2)n1)NNC(=O)c1ccc(Cl)cc1Cl. The second-order valence-electron chi connectivity index (χ2n) is 5.44. The number of carbonyl (C=O) groups is 2. The lowest BCUT2D eigenvalue weighted by molar-refractivity contribution is -0.122. The van der Waals surface area contributed by atoms with Gasteiger partial charge in [0.25, 0.3) is 17.8 Å². The van der Waals surface area contributed by atoms with Crippen molar-refractivity contribution in [2.75, 3.05) is 18.0 Å². The number of benzene rings is 1. The molecule has 0 unspecified atom stereocenters. The summed E-state index contributed by atoms with van der Waals surface area (Å²) in [5, 5.41) is 12.5. The Balaban J connectivity index is 1.51. The topological polar surface area (TPSA) is 105 Å². The van der Waals surface area contributed by atoms with Gasteiger partial charge in [-0.25, -0.2) is 0 Å². The molecule has 132 valence electrons. The highest BCUT2D eigenvalue weighted by Gasteiger charge is 2.18. The molecule has 9 nitrogen and oxygen atoms in total. The van der Waals surface area contributed by atoms with Crippen molar-refractivity contribution in [3.8, 4) is 0 Å². The van der Waals surface area contributed by atoms with Crippen molar-refractivity contribution in [3.05, 3.63) is 33.8 Å². The van der Waals surface area contributed by atoms with Crippen molar-refractivity contribution in [3.63, 3.8) is 0 Å². The van der Waals surface area contributed by atoms with Crippen LogP contribution < -0.4 is 15.8 Å². The number of tetrazole rings is 1. The summed E-state index contributed by atoms with van der Waals surface area (Å²) in [6.45, 7) is 1.60. The van der Waals surface area contributed by atoms with E-state index >= 15 is 0 Å². The van der Waals surface area contributed by atoms with E-state index in [9.17, 15) is 9.59 Å². The highest BCUT2D eigenvalue weighted by molar-refractivity contribution is 6.36. The van der Waals surface area contributed by atoms with Gasteiger partial charge in [0.1, 0.15) is 6.54 Å². The molecule has 2 amide bonds. The number of nitrogens with one attached hydrogen (secondary N) is 2. The van der Waals surface area contributed by atoms with Crippen LogP contribution in [0.25, 0.3) is 0 Å². The Hall–Kier alpha value is -2.39. The first-order valence-corrected chi connectivity index (χ1v) is 8.35. The van der Waals surface area contributed by atoms with Gasteiger partial charge in [-0.3, -0.25) is 20.4 Å². The van der Waals surface area contributed by atoms with E-state index in [1.807, 2.05) is 4.90 Å². The van der Waals surface area contributed by atoms with E-state index < -0.39 is 11.8 Å². The van der Waals surface area contributed by atoms with Crippen molar-refractivity contribution in [2.45, 2.75) is 19.4 Å². The lowest BCUT2D eigenvalue weighted by Gasteiger charge is -2.10. The van der Waals surface area contributed by atoms with Gasteiger partial charge in [0.05, 0.1) is 10.6 Å². The third kappa shape index (κ3) is 4.37. The Kier molecular flexibility index (Phi) is 5.34. The van der Waals surface area contributed by atoms with E-state index in [1.54, 1.807) is 0 Å². The normalized spacial score (nSPS) is 13.8. The molecule has 0 aliphatic carbocycles. The zero-order chi connectivity index (χ0) is 17.8. The zero-order valence-corrected chi connectivity index (χ0v) is 14.6. The molecule has 0 saturated carbocycles. The molecule has 1 fully saturated rings. The van der Waals surface area contributed by atoms with Gasteiger partial charge >= 0.3 is 0 Å². The predicted molar refractivity (Wildman–Crippen MR) is 91.3 cm³/mol. The summed E-state index contributed by atoms with van der Waals surface area (Å²) in [6, 6.07) is 4.44. The fraction of sp³-hybridized carbons (Fsp3) is 0.357. The maximum absolute atomic E-state index is 12.0. The van der Waals surface area contributed by atoms with Crippen molar-refractivity contribution in [1.82, 2.24) is 31.1 Å². The first-order valence-electron chi connectivity index (χ1n) is 7.60. The summed E-state index contributed by atoms with van der Waals surface area (Å²) in [6.07, 6.45) is 2.18. The molecule has 2 heterocycles. The fourth-order valence-corrected chi connectivity index (χ4v) is 2.88. The molecular weight excluding hydrogens is 369 g/mol. The average Bonchev–Trinajstić information content (AvgIpc) is 3.23. The third-order valence-electron chi connectivity index (χ3n) is 3.61. The number of hydrogen-bond acceptors (Lipinski definition) is 6. The molecule has 2 aromatic rings. The second-order valence-corrected chi connectivity index (χ2v) is 6.28. The Morgan fingerprint density at radius 3 is 2.64 bits per heavy atom. The van der Waals surface area contributed by atoms with Gasteiger partial charge in [-0.05, 0) is 36.3 Å². The van der Waals surface area contributed by atoms with Crippen LogP contribution in [0.1, 0.15) is 23.2 Å². The summed E-state index contributed by atoms with van der Waals surface area (Å²) in [5.74, 6) is -0.551. The van der Waals surface area contributed by atoms with Crippen LogP contribution in [-0.4, -0.2) is 45.1 Å². The summed E-state index contributed by atoms with van der Waals surface area (Å²) in [7, 11) is 0. The number of hydrazine groups is 1. The van der Waals surface area contributed by atoms with Crippen LogP contribution >= 0.6 is 23.2 Å². The molecule has 1 aromatic carbocycles. The predicted octanol–water partition coefficient (Wildman–Crippen LogP) is 1.04. The van der Waals surface area contributed by atoms with Gasteiger partial charge in [-0.1, -0.05) is 28.3 Å². The molecule has 1 aromatic heterocycles. The largest absolute Gasteiger partial charge is 0.338 e. The summed E-state index contributed by atoms with van der Waals surface area (Å²) in [4.78, 5) is 27.1. The molecule has 3 rings (SSSR count). The van der Waals surface area contributed by atoms with E-state index in [-0.39, 0.29) is 17.1 Å². The lowest BCUT2D eigenvalue weighted by atomic mass is 10.2. The molecule has 1 aliphatic rings. The summed E-state index contributed by atoms with van der Waals surface area (Å²) < 4.78 is 0. The first kappa shape index (κ1) is 17.4. The third-order valence-corrected chi connectivity index (χ3v) is 4.16. The van der Waals surface area contributed by atoms with Crippen LogP contribution in [0.4, 0.5) is 5.95 Å². The average molecular weight is 384 g/mol. The minimum atomic E-state index is -0.556. The van der Waals surface area contributed by atoms with Crippen LogP contribution in [-0.2, 0) is 11.3 Å². The number of amides is 2. The molecule has 25 heavy (non-hydrogen) atoms. The Labute approximate surface area is 153 Å². The van der Waals surface area contributed by atoms with Crippen LogP contribution in [0.3, 0.4) is 0 Å². The maximum atomic E-state index is 12.0. The Morgan fingerprint density at radius 1 is 1.16 bits per heavy atom. The second kappa shape index (κ2) is 7.66. The Bertz CT molecular complexity index is 789. The van der Waals surface area contributed by atoms with E-state index in [1.165, 1.54) is 23.0 Å². The smallest absolute Gasteiger partial charge is 0.271 e. The molecule has 0 bridgehead atoms. The number of nitrogens with zero attached hydrogens (tertiary/aromatic N) is 5. The summed E-state index contributed by atoms with van der Waals surface area (Å²) >= 11 is 11.7. The number of halogens is 2. The van der Waals surface area contributed by atoms with Crippen molar-refractivity contribution >= 4 is 41.0 Å². The standard InChI is InChI=1S/C14H15Cl2N7O2/c15-9-3-4-10(11(16)7-9)13(25)18-17-12(24)8-23-20-14(19-21-23)22-5-1-2-6-22/h3-4,7H,1-2,5-6,8H2,(H,17,24)(H,18,25). The minimum absolute atomic E-state index is 0.171. The van der Waals surface area contributed by atoms with Crippen LogP contribution in [0.2, 0.25) is 10.0 Å². The van der Waals surface area contributed by atoms with Crippen LogP contribution in [0, 0.1) is 0 Å². The number of hydrogen-bond donors (Lipinski definition) is 2. The van der Waals surface area contributed by atoms with E-state index in [2.05, 4.69) is 26.3 Å². The fourth-order valence-electron chi connectivity index (χ4n) is 2.38. The monoisotopic (exact) mass is 383 g/mol. The van der Waals surface area contributed by atoms with Crippen molar-refractivity contribution in [2.24, 2.45) is 0 Å². The lowest BCUT2D eigenvalue weighted by Crippen LogP contribution is -2.43. The molecule has 1 aliphatic heterocycles. The summed E-state index contributed by atoms with van der Waals surface area (Å²) in [5.41, 5.74) is 4.75. The first-order chi connectivity index (χ1) is 12.0. The minimum Gasteiger partial charge on any atom is -0.338 e. The zero-order valence-electron chi connectivity index (χ0n) is 13.1. The number of aromatic nitrogens is 4. The maximum Gasteiger partial charge on any atom is 0.271 e. The van der Waals surface area contributed by atoms with E-state index in [0.717, 1.165) is 25.9 Å². The van der Waals surface area contributed by atoms with Gasteiger partial charge in [-0.15, -0.1) is 5.10 Å². The van der Waals surface area contributed by atoms with Gasteiger partial charge < -0.3 is 4.90 Å². The highest BCUT2D eigenvalue weighted by atomic mass is 35.5. The van der Waals surface area contributed by atoms with Gasteiger partial charge in [0.2, 0.25) is 0 Å². The molecule has 0 spiro atoms. The number of rotatable bonds is 4. The number of carbonyl (C=O) groups excluding carboxylic acids is 2. The molecule has 2 N–H and O–H groups in total.